The van der Waals surface area contributed by atoms with Crippen LogP contribution in [0.2, 0.25) is 10.2 Å². The number of rotatable bonds is 3. The standard InChI is InChI=1S/C17H14Cl2N2/c1-12-16(13-7-3-2-4-8-13)20-21(17(12)19)11-14-9-5-6-10-15(14)18/h2-10H,11H2,1H3. The fourth-order valence-corrected chi connectivity index (χ4v) is 2.68. The highest BCUT2D eigenvalue weighted by Gasteiger charge is 2.14. The quantitative estimate of drug-likeness (QED) is 0.648. The van der Waals surface area contributed by atoms with Gasteiger partial charge in [-0.1, -0.05) is 71.7 Å². The van der Waals surface area contributed by atoms with Gasteiger partial charge in [0.05, 0.1) is 12.2 Å². The van der Waals surface area contributed by atoms with Crippen molar-refractivity contribution >= 4 is 23.2 Å². The Morgan fingerprint density at radius 3 is 2.33 bits per heavy atom. The van der Waals surface area contributed by atoms with Crippen LogP contribution in [0.4, 0.5) is 0 Å². The van der Waals surface area contributed by atoms with Crippen LogP contribution < -0.4 is 0 Å². The van der Waals surface area contributed by atoms with Crippen LogP contribution in [-0.4, -0.2) is 9.78 Å². The maximum absolute atomic E-state index is 6.42. The summed E-state index contributed by atoms with van der Waals surface area (Å²) < 4.78 is 1.79. The normalized spacial score (nSPS) is 10.8. The Balaban J connectivity index is 2.00. The summed E-state index contributed by atoms with van der Waals surface area (Å²) in [6.07, 6.45) is 0. The highest BCUT2D eigenvalue weighted by atomic mass is 35.5. The zero-order chi connectivity index (χ0) is 14.8. The molecule has 0 spiro atoms. The van der Waals surface area contributed by atoms with Crippen molar-refractivity contribution in [3.05, 3.63) is 75.9 Å². The minimum atomic E-state index is 0.562. The van der Waals surface area contributed by atoms with Gasteiger partial charge < -0.3 is 0 Å². The number of hydrogen-bond acceptors (Lipinski definition) is 1. The van der Waals surface area contributed by atoms with Gasteiger partial charge in [-0.2, -0.15) is 5.10 Å². The van der Waals surface area contributed by atoms with Crippen LogP contribution in [0, 0.1) is 6.92 Å². The highest BCUT2D eigenvalue weighted by molar-refractivity contribution is 6.31. The molecule has 0 aliphatic carbocycles. The van der Waals surface area contributed by atoms with Crippen LogP contribution in [-0.2, 0) is 6.54 Å². The van der Waals surface area contributed by atoms with E-state index in [4.69, 9.17) is 23.2 Å². The molecular formula is C17H14Cl2N2. The van der Waals surface area contributed by atoms with E-state index in [2.05, 4.69) is 5.10 Å². The molecule has 1 aromatic heterocycles. The zero-order valence-electron chi connectivity index (χ0n) is 11.6. The van der Waals surface area contributed by atoms with E-state index in [1.807, 2.05) is 61.5 Å². The Labute approximate surface area is 133 Å². The van der Waals surface area contributed by atoms with Crippen molar-refractivity contribution in [3.63, 3.8) is 0 Å². The number of nitrogens with zero attached hydrogens (tertiary/aromatic N) is 2. The third-order valence-electron chi connectivity index (χ3n) is 3.44. The van der Waals surface area contributed by atoms with Crippen LogP contribution in [0.15, 0.2) is 54.6 Å². The first-order valence-corrected chi connectivity index (χ1v) is 7.44. The summed E-state index contributed by atoms with van der Waals surface area (Å²) in [6.45, 7) is 2.55. The van der Waals surface area contributed by atoms with Crippen LogP contribution in [0.5, 0.6) is 0 Å². The topological polar surface area (TPSA) is 17.8 Å². The van der Waals surface area contributed by atoms with Gasteiger partial charge in [0.1, 0.15) is 5.15 Å². The van der Waals surface area contributed by atoms with Gasteiger partial charge in [0, 0.05) is 16.1 Å². The molecule has 0 radical (unpaired) electrons. The van der Waals surface area contributed by atoms with Gasteiger partial charge in [-0.15, -0.1) is 0 Å². The maximum Gasteiger partial charge on any atom is 0.130 e. The van der Waals surface area contributed by atoms with E-state index in [0.717, 1.165) is 27.4 Å². The minimum Gasteiger partial charge on any atom is -0.249 e. The highest BCUT2D eigenvalue weighted by Crippen LogP contribution is 2.29. The number of halogens is 2. The summed E-state index contributed by atoms with van der Waals surface area (Å²) in [5.74, 6) is 0. The van der Waals surface area contributed by atoms with Crippen LogP contribution >= 0.6 is 23.2 Å². The molecule has 0 fully saturated rings. The molecule has 0 atom stereocenters. The van der Waals surface area contributed by atoms with Gasteiger partial charge in [-0.05, 0) is 18.6 Å². The Kier molecular flexibility index (Phi) is 4.00. The first-order chi connectivity index (χ1) is 10.2. The molecule has 0 aliphatic rings. The lowest BCUT2D eigenvalue weighted by Gasteiger charge is -2.05. The van der Waals surface area contributed by atoms with Crippen molar-refractivity contribution in [2.24, 2.45) is 0 Å². The summed E-state index contributed by atoms with van der Waals surface area (Å²) in [5.41, 5.74) is 3.96. The summed E-state index contributed by atoms with van der Waals surface area (Å²) in [6, 6.07) is 17.8. The van der Waals surface area contributed by atoms with Crippen molar-refractivity contribution in [2.45, 2.75) is 13.5 Å². The van der Waals surface area contributed by atoms with Crippen molar-refractivity contribution in [2.75, 3.05) is 0 Å². The van der Waals surface area contributed by atoms with E-state index in [0.29, 0.717) is 11.7 Å². The molecule has 106 valence electrons. The van der Waals surface area contributed by atoms with E-state index in [-0.39, 0.29) is 0 Å². The predicted molar refractivity (Wildman–Crippen MR) is 88.0 cm³/mol. The predicted octanol–water partition coefficient (Wildman–Crippen LogP) is 5.21. The van der Waals surface area contributed by atoms with Crippen LogP contribution in [0.25, 0.3) is 11.3 Å². The third-order valence-corrected chi connectivity index (χ3v) is 4.28. The van der Waals surface area contributed by atoms with E-state index in [1.165, 1.54) is 0 Å². The fourth-order valence-electron chi connectivity index (χ4n) is 2.29. The average Bonchev–Trinajstić information content (AvgIpc) is 2.79. The molecule has 0 saturated carbocycles. The molecule has 0 amide bonds. The van der Waals surface area contributed by atoms with E-state index < -0.39 is 0 Å². The smallest absolute Gasteiger partial charge is 0.130 e. The molecule has 0 unspecified atom stereocenters. The van der Waals surface area contributed by atoms with Gasteiger partial charge in [-0.3, -0.25) is 0 Å². The van der Waals surface area contributed by atoms with E-state index in [9.17, 15) is 0 Å². The second-order valence-corrected chi connectivity index (χ2v) is 5.64. The van der Waals surface area contributed by atoms with Crippen molar-refractivity contribution < 1.29 is 0 Å². The number of aromatic nitrogens is 2. The summed E-state index contributed by atoms with van der Waals surface area (Å²) in [7, 11) is 0. The molecule has 3 rings (SSSR count). The lowest BCUT2D eigenvalue weighted by Crippen LogP contribution is -2.02. The van der Waals surface area contributed by atoms with Crippen molar-refractivity contribution in [3.8, 4) is 11.3 Å². The lowest BCUT2D eigenvalue weighted by atomic mass is 10.1. The fraction of sp³-hybridized carbons (Fsp3) is 0.118. The van der Waals surface area contributed by atoms with Crippen molar-refractivity contribution in [1.29, 1.82) is 0 Å². The molecule has 2 aromatic carbocycles. The molecule has 0 aliphatic heterocycles. The zero-order valence-corrected chi connectivity index (χ0v) is 13.1. The van der Waals surface area contributed by atoms with Gasteiger partial charge in [-0.25, -0.2) is 4.68 Å². The van der Waals surface area contributed by atoms with E-state index in [1.54, 1.807) is 4.68 Å². The Morgan fingerprint density at radius 1 is 0.952 bits per heavy atom. The van der Waals surface area contributed by atoms with E-state index >= 15 is 0 Å². The molecule has 0 N–H and O–H groups in total. The number of benzene rings is 2. The Hall–Kier alpha value is -1.77. The SMILES string of the molecule is Cc1c(-c2ccccc2)nn(Cc2ccccc2Cl)c1Cl. The molecule has 0 saturated heterocycles. The van der Waals surface area contributed by atoms with Gasteiger partial charge in [0.25, 0.3) is 0 Å². The third kappa shape index (κ3) is 2.82. The van der Waals surface area contributed by atoms with Crippen LogP contribution in [0.1, 0.15) is 11.1 Å². The lowest BCUT2D eigenvalue weighted by molar-refractivity contribution is 0.690. The van der Waals surface area contributed by atoms with Crippen molar-refractivity contribution in [1.82, 2.24) is 9.78 Å². The Bertz CT molecular complexity index is 764. The molecule has 21 heavy (non-hydrogen) atoms. The summed E-state index contributed by atoms with van der Waals surface area (Å²) >= 11 is 12.6. The first kappa shape index (κ1) is 14.2. The van der Waals surface area contributed by atoms with Gasteiger partial charge >= 0.3 is 0 Å². The van der Waals surface area contributed by atoms with Gasteiger partial charge in [0.2, 0.25) is 0 Å². The molecule has 4 heteroatoms. The first-order valence-electron chi connectivity index (χ1n) is 6.68. The maximum atomic E-state index is 6.42. The monoisotopic (exact) mass is 316 g/mol. The summed E-state index contributed by atoms with van der Waals surface area (Å²) in [5, 5.41) is 6.01. The summed E-state index contributed by atoms with van der Waals surface area (Å²) in [4.78, 5) is 0. The minimum absolute atomic E-state index is 0.562. The molecule has 1 heterocycles. The largest absolute Gasteiger partial charge is 0.249 e. The second-order valence-electron chi connectivity index (χ2n) is 4.88. The van der Waals surface area contributed by atoms with Gasteiger partial charge in [0.15, 0.2) is 0 Å². The average molecular weight is 317 g/mol. The molecular weight excluding hydrogens is 303 g/mol. The molecule has 2 nitrogen and oxygen atoms in total. The Morgan fingerprint density at radius 2 is 1.62 bits per heavy atom. The number of hydrogen-bond donors (Lipinski definition) is 0. The molecule has 0 bridgehead atoms. The molecule has 3 aromatic rings. The van der Waals surface area contributed by atoms with Crippen LogP contribution in [0.3, 0.4) is 0 Å². The second kappa shape index (κ2) is 5.92.